The first kappa shape index (κ1) is 19.9. The number of hydrogen-bond acceptors (Lipinski definition) is 4. The predicted octanol–water partition coefficient (Wildman–Crippen LogP) is 2.51. The van der Waals surface area contributed by atoms with Gasteiger partial charge in [-0.25, -0.2) is 4.79 Å². The number of ether oxygens (including phenoxy) is 1. The van der Waals surface area contributed by atoms with E-state index >= 15 is 0 Å². The summed E-state index contributed by atoms with van der Waals surface area (Å²) in [6.07, 6.45) is 0.840. The fourth-order valence-electron chi connectivity index (χ4n) is 2.79. The summed E-state index contributed by atoms with van der Waals surface area (Å²) in [5, 5.41) is 0. The lowest BCUT2D eigenvalue weighted by atomic mass is 10.0. The average Bonchev–Trinajstić information content (AvgIpc) is 2.72. The van der Waals surface area contributed by atoms with E-state index in [4.69, 9.17) is 4.74 Å². The van der Waals surface area contributed by atoms with Crippen LogP contribution in [0.3, 0.4) is 0 Å². The highest BCUT2D eigenvalue weighted by atomic mass is 16.5. The van der Waals surface area contributed by atoms with Crippen LogP contribution in [0, 0.1) is 19.8 Å². The topological polar surface area (TPSA) is 68.6 Å². The summed E-state index contributed by atoms with van der Waals surface area (Å²) in [5.74, 6) is -0.299. The molecule has 6 nitrogen and oxygen atoms in total. The highest BCUT2D eigenvalue weighted by molar-refractivity contribution is 6.04. The average molecular weight is 336 g/mol. The molecule has 0 aliphatic heterocycles. The van der Waals surface area contributed by atoms with Crippen LogP contribution >= 0.6 is 0 Å². The number of methoxy groups -OCH3 is 1. The zero-order valence-electron chi connectivity index (χ0n) is 15.7. The zero-order valence-corrected chi connectivity index (χ0v) is 15.7. The lowest BCUT2D eigenvalue weighted by molar-refractivity contribution is -0.128. The summed E-state index contributed by atoms with van der Waals surface area (Å²) in [6.45, 7) is 9.72. The Hall–Kier alpha value is -2.11. The minimum Gasteiger partial charge on any atom is -0.464 e. The number of hydrogen-bond donors (Lipinski definition) is 0. The summed E-state index contributed by atoms with van der Waals surface area (Å²) in [7, 11) is 3.04. The third kappa shape index (κ3) is 4.24. The summed E-state index contributed by atoms with van der Waals surface area (Å²) >= 11 is 0. The third-order valence-electron chi connectivity index (χ3n) is 4.34. The number of carbonyl (C=O) groups is 3. The molecule has 0 aliphatic carbocycles. The Bertz CT molecular complexity index is 644. The van der Waals surface area contributed by atoms with Crippen molar-refractivity contribution in [1.82, 2.24) is 9.47 Å². The molecule has 1 heterocycles. The summed E-state index contributed by atoms with van der Waals surface area (Å²) < 4.78 is 6.46. The van der Waals surface area contributed by atoms with Crippen LogP contribution in [0.5, 0.6) is 0 Å². The van der Waals surface area contributed by atoms with Crippen LogP contribution in [0.4, 0.5) is 0 Å². The molecule has 0 bridgehead atoms. The van der Waals surface area contributed by atoms with Crippen molar-refractivity contribution in [2.24, 2.45) is 13.0 Å². The first-order valence-corrected chi connectivity index (χ1v) is 8.14. The minimum absolute atomic E-state index is 0.0222. The van der Waals surface area contributed by atoms with Gasteiger partial charge in [0.15, 0.2) is 5.78 Å². The number of carbonyl (C=O) groups excluding carboxylic acids is 3. The second kappa shape index (κ2) is 8.13. The molecule has 0 aromatic carbocycles. The fraction of sp³-hybridized carbons (Fsp3) is 0.611. The lowest BCUT2D eigenvalue weighted by Gasteiger charge is -2.21. The monoisotopic (exact) mass is 336 g/mol. The SMILES string of the molecule is COC(=O)c1c(C)c(C(=O)CN(CCC(C)C)C(C)=O)c(C)n1C. The molecule has 0 atom stereocenters. The molecule has 0 unspecified atom stereocenters. The molecular formula is C18H28N2O4. The maximum absolute atomic E-state index is 12.8. The van der Waals surface area contributed by atoms with Crippen molar-refractivity contribution in [2.45, 2.75) is 41.0 Å². The van der Waals surface area contributed by atoms with E-state index in [0.717, 1.165) is 6.42 Å². The molecule has 0 saturated heterocycles. The summed E-state index contributed by atoms with van der Waals surface area (Å²) in [5.41, 5.74) is 2.16. The Morgan fingerprint density at radius 1 is 1.21 bits per heavy atom. The number of ketones is 1. The van der Waals surface area contributed by atoms with Gasteiger partial charge in [0.1, 0.15) is 5.69 Å². The van der Waals surface area contributed by atoms with Crippen molar-refractivity contribution >= 4 is 17.7 Å². The van der Waals surface area contributed by atoms with E-state index in [1.54, 1.807) is 30.4 Å². The van der Waals surface area contributed by atoms with Crippen LogP contribution < -0.4 is 0 Å². The number of amides is 1. The van der Waals surface area contributed by atoms with Crippen molar-refractivity contribution < 1.29 is 19.1 Å². The first-order valence-electron chi connectivity index (χ1n) is 8.14. The van der Waals surface area contributed by atoms with Crippen molar-refractivity contribution in [3.63, 3.8) is 0 Å². The van der Waals surface area contributed by atoms with Crippen LogP contribution in [0.25, 0.3) is 0 Å². The van der Waals surface area contributed by atoms with Crippen molar-refractivity contribution in [3.05, 3.63) is 22.5 Å². The molecule has 134 valence electrons. The van der Waals surface area contributed by atoms with Gasteiger partial charge in [-0.3, -0.25) is 9.59 Å². The summed E-state index contributed by atoms with van der Waals surface area (Å²) in [6, 6.07) is 0. The van der Waals surface area contributed by atoms with Gasteiger partial charge in [-0.2, -0.15) is 0 Å². The molecular weight excluding hydrogens is 308 g/mol. The molecule has 1 amide bonds. The van der Waals surface area contributed by atoms with E-state index in [9.17, 15) is 14.4 Å². The smallest absolute Gasteiger partial charge is 0.354 e. The van der Waals surface area contributed by atoms with Gasteiger partial charge >= 0.3 is 5.97 Å². The molecule has 1 aromatic rings. The number of esters is 1. The van der Waals surface area contributed by atoms with Gasteiger partial charge in [0, 0.05) is 31.8 Å². The number of nitrogens with zero attached hydrogens (tertiary/aromatic N) is 2. The Labute approximate surface area is 143 Å². The van der Waals surface area contributed by atoms with Crippen molar-refractivity contribution in [1.29, 1.82) is 0 Å². The van der Waals surface area contributed by atoms with Crippen molar-refractivity contribution in [2.75, 3.05) is 20.2 Å². The van der Waals surface area contributed by atoms with E-state index in [0.29, 0.717) is 35.0 Å². The highest BCUT2D eigenvalue weighted by Crippen LogP contribution is 2.23. The quantitative estimate of drug-likeness (QED) is 0.567. The fourth-order valence-corrected chi connectivity index (χ4v) is 2.79. The third-order valence-corrected chi connectivity index (χ3v) is 4.34. The molecule has 1 rings (SSSR count). The molecule has 1 aromatic heterocycles. The van der Waals surface area contributed by atoms with Crippen LogP contribution in [-0.4, -0.2) is 47.3 Å². The molecule has 0 aliphatic rings. The molecule has 0 saturated carbocycles. The first-order chi connectivity index (χ1) is 11.1. The van der Waals surface area contributed by atoms with Crippen LogP contribution in [-0.2, 0) is 16.6 Å². The van der Waals surface area contributed by atoms with Crippen LogP contribution in [0.15, 0.2) is 0 Å². The van der Waals surface area contributed by atoms with Gasteiger partial charge in [0.25, 0.3) is 0 Å². The zero-order chi connectivity index (χ0) is 18.6. The largest absolute Gasteiger partial charge is 0.464 e. The Kier molecular flexibility index (Phi) is 6.75. The maximum atomic E-state index is 12.8. The molecule has 6 heteroatoms. The second-order valence-electron chi connectivity index (χ2n) is 6.53. The Morgan fingerprint density at radius 3 is 2.25 bits per heavy atom. The van der Waals surface area contributed by atoms with Gasteiger partial charge in [-0.15, -0.1) is 0 Å². The van der Waals surface area contributed by atoms with Gasteiger partial charge < -0.3 is 14.2 Å². The van der Waals surface area contributed by atoms with E-state index in [1.165, 1.54) is 14.0 Å². The maximum Gasteiger partial charge on any atom is 0.354 e. The molecule has 0 radical (unpaired) electrons. The number of rotatable bonds is 7. The Balaban J connectivity index is 3.10. The molecule has 24 heavy (non-hydrogen) atoms. The molecule has 0 fully saturated rings. The van der Waals surface area contributed by atoms with Crippen LogP contribution in [0.1, 0.15) is 59.3 Å². The molecule has 0 spiro atoms. The Morgan fingerprint density at radius 2 is 1.79 bits per heavy atom. The van der Waals surface area contributed by atoms with Gasteiger partial charge in [0.2, 0.25) is 5.91 Å². The second-order valence-corrected chi connectivity index (χ2v) is 6.53. The standard InChI is InChI=1S/C18H28N2O4/c1-11(2)8-9-20(14(5)21)10-15(22)16-12(3)17(18(23)24-7)19(6)13(16)4/h11H,8-10H2,1-7H3. The lowest BCUT2D eigenvalue weighted by Crippen LogP contribution is -2.35. The summed E-state index contributed by atoms with van der Waals surface area (Å²) in [4.78, 5) is 38.1. The molecule has 0 N–H and O–H groups in total. The minimum atomic E-state index is -0.472. The van der Waals surface area contributed by atoms with Crippen molar-refractivity contribution in [3.8, 4) is 0 Å². The number of Topliss-reactive ketones (excluding diaryl/α,β-unsaturated/α-hetero) is 1. The van der Waals surface area contributed by atoms with Crippen LogP contribution in [0.2, 0.25) is 0 Å². The number of aromatic nitrogens is 1. The predicted molar refractivity (Wildman–Crippen MR) is 92.3 cm³/mol. The normalized spacial score (nSPS) is 10.8. The van der Waals surface area contributed by atoms with E-state index in [2.05, 4.69) is 13.8 Å². The van der Waals surface area contributed by atoms with E-state index in [1.807, 2.05) is 0 Å². The highest BCUT2D eigenvalue weighted by Gasteiger charge is 2.26. The van der Waals surface area contributed by atoms with Gasteiger partial charge in [-0.1, -0.05) is 13.8 Å². The van der Waals surface area contributed by atoms with E-state index in [-0.39, 0.29) is 18.2 Å². The van der Waals surface area contributed by atoms with Gasteiger partial charge in [-0.05, 0) is 31.7 Å². The van der Waals surface area contributed by atoms with E-state index < -0.39 is 5.97 Å². The van der Waals surface area contributed by atoms with Gasteiger partial charge in [0.05, 0.1) is 13.7 Å².